The molecule has 0 saturated carbocycles. The lowest BCUT2D eigenvalue weighted by Gasteiger charge is -2.07. The van der Waals surface area contributed by atoms with Gasteiger partial charge in [0.2, 0.25) is 0 Å². The third-order valence-electron chi connectivity index (χ3n) is 1.72. The van der Waals surface area contributed by atoms with Gasteiger partial charge in [-0.25, -0.2) is 0 Å². The Bertz CT molecular complexity index is 420. The first-order chi connectivity index (χ1) is 7.63. The van der Waals surface area contributed by atoms with E-state index in [0.29, 0.717) is 17.1 Å². The summed E-state index contributed by atoms with van der Waals surface area (Å²) in [5.74, 6) is -0.288. The molecule has 1 aromatic rings. The van der Waals surface area contributed by atoms with Crippen molar-refractivity contribution in [3.63, 3.8) is 0 Å². The molecular formula is C11H11ClN2OS. The molecule has 2 N–H and O–H groups in total. The molecule has 0 aliphatic carbocycles. The van der Waals surface area contributed by atoms with Crippen LogP contribution in [0.1, 0.15) is 10.4 Å². The topological polar surface area (TPSA) is 41.1 Å². The number of hydrogen-bond donors (Lipinski definition) is 2. The number of rotatable bonds is 3. The number of carbonyl (C=O) groups is 1. The van der Waals surface area contributed by atoms with Gasteiger partial charge in [-0.15, -0.1) is 6.58 Å². The van der Waals surface area contributed by atoms with Gasteiger partial charge in [0.1, 0.15) is 0 Å². The maximum atomic E-state index is 11.6. The van der Waals surface area contributed by atoms with Gasteiger partial charge in [0.25, 0.3) is 5.91 Å². The molecule has 0 heterocycles. The fourth-order valence-electron chi connectivity index (χ4n) is 1.01. The SMILES string of the molecule is C=CCNC(=S)NC(=O)c1cccc(Cl)c1. The molecule has 84 valence electrons. The van der Waals surface area contributed by atoms with E-state index in [9.17, 15) is 4.79 Å². The number of hydrogen-bond acceptors (Lipinski definition) is 2. The van der Waals surface area contributed by atoms with Gasteiger partial charge in [-0.2, -0.15) is 0 Å². The Balaban J connectivity index is 2.58. The van der Waals surface area contributed by atoms with Gasteiger partial charge in [0, 0.05) is 17.1 Å². The monoisotopic (exact) mass is 254 g/mol. The van der Waals surface area contributed by atoms with Crippen LogP contribution in [-0.4, -0.2) is 17.6 Å². The van der Waals surface area contributed by atoms with Gasteiger partial charge in [0.15, 0.2) is 5.11 Å². The molecule has 0 aliphatic heterocycles. The van der Waals surface area contributed by atoms with E-state index in [2.05, 4.69) is 17.2 Å². The van der Waals surface area contributed by atoms with Gasteiger partial charge in [-0.05, 0) is 30.4 Å². The average molecular weight is 255 g/mol. The Kier molecular flexibility index (Phi) is 4.95. The molecule has 0 aliphatic rings. The molecule has 0 fully saturated rings. The van der Waals surface area contributed by atoms with Crippen LogP contribution in [-0.2, 0) is 0 Å². The summed E-state index contributed by atoms with van der Waals surface area (Å²) in [6.07, 6.45) is 1.65. The maximum absolute atomic E-state index is 11.6. The number of halogens is 1. The second-order valence-corrected chi connectivity index (χ2v) is 3.81. The van der Waals surface area contributed by atoms with Crippen LogP contribution in [0.25, 0.3) is 0 Å². The van der Waals surface area contributed by atoms with E-state index in [4.69, 9.17) is 23.8 Å². The van der Waals surface area contributed by atoms with Crippen LogP contribution >= 0.6 is 23.8 Å². The first-order valence-corrected chi connectivity index (χ1v) is 5.37. The van der Waals surface area contributed by atoms with E-state index in [1.165, 1.54) is 0 Å². The molecule has 1 amide bonds. The molecule has 3 nitrogen and oxygen atoms in total. The van der Waals surface area contributed by atoms with E-state index >= 15 is 0 Å². The molecule has 0 radical (unpaired) electrons. The smallest absolute Gasteiger partial charge is 0.257 e. The number of thiocarbonyl (C=S) groups is 1. The minimum atomic E-state index is -0.288. The summed E-state index contributed by atoms with van der Waals surface area (Å²) in [5.41, 5.74) is 0.468. The number of nitrogens with one attached hydrogen (secondary N) is 2. The van der Waals surface area contributed by atoms with E-state index in [-0.39, 0.29) is 11.0 Å². The third kappa shape index (κ3) is 4.00. The van der Waals surface area contributed by atoms with Crippen LogP contribution in [0.3, 0.4) is 0 Å². The number of amides is 1. The second-order valence-electron chi connectivity index (χ2n) is 2.96. The molecule has 1 aromatic carbocycles. The normalized spacial score (nSPS) is 9.31. The molecule has 5 heteroatoms. The van der Waals surface area contributed by atoms with Crippen molar-refractivity contribution in [2.24, 2.45) is 0 Å². The van der Waals surface area contributed by atoms with E-state index in [0.717, 1.165) is 0 Å². The van der Waals surface area contributed by atoms with Crippen molar-refractivity contribution in [2.45, 2.75) is 0 Å². The third-order valence-corrected chi connectivity index (χ3v) is 2.20. The minimum absolute atomic E-state index is 0.268. The molecule has 0 atom stereocenters. The average Bonchev–Trinajstić information content (AvgIpc) is 2.26. The number of benzene rings is 1. The van der Waals surface area contributed by atoms with Crippen molar-refractivity contribution in [2.75, 3.05) is 6.54 Å². The molecular weight excluding hydrogens is 244 g/mol. The van der Waals surface area contributed by atoms with Crippen LogP contribution in [0.15, 0.2) is 36.9 Å². The van der Waals surface area contributed by atoms with Crippen molar-refractivity contribution >= 4 is 34.8 Å². The molecule has 0 bridgehead atoms. The fraction of sp³-hybridized carbons (Fsp3) is 0.0909. The lowest BCUT2D eigenvalue weighted by Crippen LogP contribution is -2.39. The fourth-order valence-corrected chi connectivity index (χ4v) is 1.38. The summed E-state index contributed by atoms with van der Waals surface area (Å²) in [4.78, 5) is 11.6. The van der Waals surface area contributed by atoms with Crippen molar-refractivity contribution in [3.8, 4) is 0 Å². The largest absolute Gasteiger partial charge is 0.359 e. The van der Waals surface area contributed by atoms with Crippen molar-refractivity contribution in [1.82, 2.24) is 10.6 Å². The molecule has 0 saturated heterocycles. The molecule has 0 aromatic heterocycles. The molecule has 0 spiro atoms. The predicted octanol–water partition coefficient (Wildman–Crippen LogP) is 2.13. The quantitative estimate of drug-likeness (QED) is 0.641. The van der Waals surface area contributed by atoms with Crippen molar-refractivity contribution < 1.29 is 4.79 Å². The van der Waals surface area contributed by atoms with Gasteiger partial charge < -0.3 is 5.32 Å². The summed E-state index contributed by atoms with van der Waals surface area (Å²) >= 11 is 10.7. The summed E-state index contributed by atoms with van der Waals surface area (Å²) in [6.45, 7) is 4.04. The highest BCUT2D eigenvalue weighted by molar-refractivity contribution is 7.80. The number of carbonyl (C=O) groups excluding carboxylic acids is 1. The zero-order chi connectivity index (χ0) is 12.0. The summed E-state index contributed by atoms with van der Waals surface area (Å²) in [6, 6.07) is 6.65. The van der Waals surface area contributed by atoms with Crippen LogP contribution in [0.5, 0.6) is 0 Å². The zero-order valence-electron chi connectivity index (χ0n) is 8.50. The zero-order valence-corrected chi connectivity index (χ0v) is 10.1. The van der Waals surface area contributed by atoms with Gasteiger partial charge >= 0.3 is 0 Å². The van der Waals surface area contributed by atoms with Gasteiger partial charge in [-0.3, -0.25) is 10.1 Å². The first kappa shape index (κ1) is 12.7. The van der Waals surface area contributed by atoms with Crippen LogP contribution in [0.4, 0.5) is 0 Å². The Morgan fingerprint density at radius 3 is 2.94 bits per heavy atom. The maximum Gasteiger partial charge on any atom is 0.257 e. The van der Waals surface area contributed by atoms with E-state index in [1.807, 2.05) is 0 Å². The lowest BCUT2D eigenvalue weighted by molar-refractivity contribution is 0.0977. The first-order valence-electron chi connectivity index (χ1n) is 4.59. The minimum Gasteiger partial charge on any atom is -0.359 e. The highest BCUT2D eigenvalue weighted by Gasteiger charge is 2.06. The second kappa shape index (κ2) is 6.25. The summed E-state index contributed by atoms with van der Waals surface area (Å²) < 4.78 is 0. The summed E-state index contributed by atoms with van der Waals surface area (Å²) in [7, 11) is 0. The Morgan fingerprint density at radius 1 is 1.56 bits per heavy atom. The highest BCUT2D eigenvalue weighted by atomic mass is 35.5. The van der Waals surface area contributed by atoms with Gasteiger partial charge in [-0.1, -0.05) is 23.7 Å². The molecule has 1 rings (SSSR count). The van der Waals surface area contributed by atoms with E-state index in [1.54, 1.807) is 30.3 Å². The summed E-state index contributed by atoms with van der Waals surface area (Å²) in [5, 5.41) is 6.11. The van der Waals surface area contributed by atoms with Crippen LogP contribution < -0.4 is 10.6 Å². The standard InChI is InChI=1S/C11H11ClN2OS/c1-2-6-13-11(16)14-10(15)8-4-3-5-9(12)7-8/h2-5,7H,1,6H2,(H2,13,14,15,16). The molecule has 16 heavy (non-hydrogen) atoms. The lowest BCUT2D eigenvalue weighted by atomic mass is 10.2. The highest BCUT2D eigenvalue weighted by Crippen LogP contribution is 2.10. The molecule has 0 unspecified atom stereocenters. The van der Waals surface area contributed by atoms with Crippen molar-refractivity contribution in [1.29, 1.82) is 0 Å². The van der Waals surface area contributed by atoms with E-state index < -0.39 is 0 Å². The van der Waals surface area contributed by atoms with Crippen LogP contribution in [0, 0.1) is 0 Å². The predicted molar refractivity (Wildman–Crippen MR) is 69.7 cm³/mol. The van der Waals surface area contributed by atoms with Crippen molar-refractivity contribution in [3.05, 3.63) is 47.5 Å². The Labute approximate surface area is 104 Å². The van der Waals surface area contributed by atoms with Gasteiger partial charge in [0.05, 0.1) is 0 Å². The Hall–Kier alpha value is -1.39. The van der Waals surface area contributed by atoms with Crippen LogP contribution in [0.2, 0.25) is 5.02 Å². The Morgan fingerprint density at radius 2 is 2.31 bits per heavy atom.